The molecule has 1 rings (SSSR count). The zero-order chi connectivity index (χ0) is 14.3. The molecule has 0 fully saturated rings. The van der Waals surface area contributed by atoms with Crippen molar-refractivity contribution in [2.45, 2.75) is 58.5 Å². The van der Waals surface area contributed by atoms with Gasteiger partial charge in [0, 0.05) is 5.69 Å². The van der Waals surface area contributed by atoms with Gasteiger partial charge in [-0.05, 0) is 38.0 Å². The van der Waals surface area contributed by atoms with Crippen molar-refractivity contribution in [1.82, 2.24) is 0 Å². The molecule has 0 spiro atoms. The molecule has 1 atom stereocenters. The van der Waals surface area contributed by atoms with Crippen molar-refractivity contribution in [3.8, 4) is 5.75 Å². The summed E-state index contributed by atoms with van der Waals surface area (Å²) >= 11 is 0. The van der Waals surface area contributed by atoms with E-state index in [2.05, 4.69) is 6.92 Å². The number of ether oxygens (including phenoxy) is 1. The Balaban J connectivity index is 2.56. The number of hydrogen-bond acceptors (Lipinski definition) is 2. The molecule has 0 radical (unpaired) electrons. The Bertz CT molecular complexity index is 382. The van der Waals surface area contributed by atoms with Crippen molar-refractivity contribution in [1.29, 1.82) is 0 Å². The molecule has 0 aliphatic heterocycles. The minimum atomic E-state index is -2.56. The van der Waals surface area contributed by atoms with Crippen LogP contribution in [0.4, 0.5) is 14.5 Å². The number of unbranched alkanes of at least 4 members (excludes halogenated alkanes) is 3. The van der Waals surface area contributed by atoms with Crippen LogP contribution in [0, 0.1) is 0 Å². The zero-order valence-corrected chi connectivity index (χ0v) is 11.7. The van der Waals surface area contributed by atoms with Crippen LogP contribution in [0.5, 0.6) is 5.75 Å². The Kier molecular flexibility index (Phi) is 6.60. The van der Waals surface area contributed by atoms with Crippen LogP contribution in [0.15, 0.2) is 18.2 Å². The summed E-state index contributed by atoms with van der Waals surface area (Å²) in [7, 11) is 0. The summed E-state index contributed by atoms with van der Waals surface area (Å²) in [5, 5.41) is 0. The van der Waals surface area contributed by atoms with Gasteiger partial charge < -0.3 is 10.5 Å². The first-order chi connectivity index (χ1) is 9.04. The van der Waals surface area contributed by atoms with Crippen LogP contribution in [0.3, 0.4) is 0 Å². The van der Waals surface area contributed by atoms with Gasteiger partial charge in [-0.15, -0.1) is 0 Å². The van der Waals surface area contributed by atoms with Crippen LogP contribution in [0.25, 0.3) is 0 Å². The molecule has 2 nitrogen and oxygen atoms in total. The molecule has 0 saturated carbocycles. The van der Waals surface area contributed by atoms with E-state index in [1.54, 1.807) is 6.07 Å². The van der Waals surface area contributed by atoms with Gasteiger partial charge in [0.25, 0.3) is 6.43 Å². The molecule has 0 saturated heterocycles. The Morgan fingerprint density at radius 1 is 1.21 bits per heavy atom. The lowest BCUT2D eigenvalue weighted by molar-refractivity contribution is 0.137. The number of nitrogens with two attached hydrogens (primary N) is 1. The summed E-state index contributed by atoms with van der Waals surface area (Å²) in [5.41, 5.74) is 5.73. The Morgan fingerprint density at radius 2 is 1.95 bits per heavy atom. The third kappa shape index (κ3) is 5.45. The second-order valence-electron chi connectivity index (χ2n) is 4.88. The minimum absolute atomic E-state index is 0.0574. The van der Waals surface area contributed by atoms with Gasteiger partial charge in [-0.2, -0.15) is 0 Å². The summed E-state index contributed by atoms with van der Waals surface area (Å²) in [6.07, 6.45) is 2.87. The van der Waals surface area contributed by atoms with E-state index in [0.29, 0.717) is 5.69 Å². The van der Waals surface area contributed by atoms with Crippen molar-refractivity contribution in [2.75, 3.05) is 5.73 Å². The predicted octanol–water partition coefficient (Wildman–Crippen LogP) is 4.94. The molecule has 0 amide bonds. The molecule has 0 aliphatic rings. The molecule has 4 heteroatoms. The average molecular weight is 271 g/mol. The number of benzene rings is 1. The third-order valence-corrected chi connectivity index (χ3v) is 3.06. The zero-order valence-electron chi connectivity index (χ0n) is 11.7. The summed E-state index contributed by atoms with van der Waals surface area (Å²) in [6.45, 7) is 4.07. The second kappa shape index (κ2) is 7.97. The Labute approximate surface area is 114 Å². The first-order valence-electron chi connectivity index (χ1n) is 6.88. The minimum Gasteiger partial charge on any atom is -0.490 e. The molecule has 1 aromatic rings. The van der Waals surface area contributed by atoms with Crippen LogP contribution in [0.1, 0.15) is 57.9 Å². The maximum Gasteiger partial charge on any atom is 0.267 e. The third-order valence-electron chi connectivity index (χ3n) is 3.06. The Morgan fingerprint density at radius 3 is 2.58 bits per heavy atom. The first kappa shape index (κ1) is 15.7. The number of alkyl halides is 2. The molecule has 1 aromatic carbocycles. The van der Waals surface area contributed by atoms with Gasteiger partial charge in [-0.1, -0.05) is 26.2 Å². The van der Waals surface area contributed by atoms with Crippen LogP contribution in [0.2, 0.25) is 0 Å². The van der Waals surface area contributed by atoms with Crippen molar-refractivity contribution in [2.24, 2.45) is 0 Å². The standard InChI is InChI=1S/C15H23F2NO/c1-3-4-5-6-7-11(2)19-14-9-8-12(18)10-13(14)15(16)17/h8-11,15H,3-7,18H2,1-2H3. The molecular weight excluding hydrogens is 248 g/mol. The highest BCUT2D eigenvalue weighted by Crippen LogP contribution is 2.31. The quantitative estimate of drug-likeness (QED) is 0.536. The van der Waals surface area contributed by atoms with Crippen molar-refractivity contribution < 1.29 is 13.5 Å². The first-order valence-corrected chi connectivity index (χ1v) is 6.88. The molecule has 108 valence electrons. The van der Waals surface area contributed by atoms with E-state index in [9.17, 15) is 8.78 Å². The number of nitrogen functional groups attached to an aromatic ring is 1. The van der Waals surface area contributed by atoms with Gasteiger partial charge in [-0.25, -0.2) is 8.78 Å². The van der Waals surface area contributed by atoms with E-state index in [-0.39, 0.29) is 17.4 Å². The molecule has 2 N–H and O–H groups in total. The van der Waals surface area contributed by atoms with E-state index >= 15 is 0 Å². The molecule has 19 heavy (non-hydrogen) atoms. The van der Waals surface area contributed by atoms with E-state index < -0.39 is 6.43 Å². The fraction of sp³-hybridized carbons (Fsp3) is 0.600. The SMILES string of the molecule is CCCCCCC(C)Oc1ccc(N)cc1C(F)F. The van der Waals surface area contributed by atoms with E-state index in [1.807, 2.05) is 6.92 Å². The van der Waals surface area contributed by atoms with Crippen molar-refractivity contribution in [3.63, 3.8) is 0 Å². The normalized spacial score (nSPS) is 12.7. The highest BCUT2D eigenvalue weighted by molar-refractivity contribution is 5.48. The maximum absolute atomic E-state index is 12.9. The summed E-state index contributed by atoms with van der Waals surface area (Å²) in [6, 6.07) is 4.40. The smallest absolute Gasteiger partial charge is 0.267 e. The van der Waals surface area contributed by atoms with Gasteiger partial charge in [0.05, 0.1) is 11.7 Å². The summed E-state index contributed by atoms with van der Waals surface area (Å²) in [5.74, 6) is 0.243. The molecule has 0 aliphatic carbocycles. The van der Waals surface area contributed by atoms with Crippen molar-refractivity contribution >= 4 is 5.69 Å². The summed E-state index contributed by atoms with van der Waals surface area (Å²) < 4.78 is 31.4. The molecular formula is C15H23F2NO. The lowest BCUT2D eigenvalue weighted by Crippen LogP contribution is -2.13. The van der Waals surface area contributed by atoms with E-state index in [0.717, 1.165) is 19.3 Å². The van der Waals surface area contributed by atoms with Crippen LogP contribution < -0.4 is 10.5 Å². The van der Waals surface area contributed by atoms with Gasteiger partial charge in [0.2, 0.25) is 0 Å². The van der Waals surface area contributed by atoms with Crippen LogP contribution in [-0.4, -0.2) is 6.10 Å². The fourth-order valence-electron chi connectivity index (χ4n) is 1.98. The lowest BCUT2D eigenvalue weighted by atomic mass is 10.1. The monoisotopic (exact) mass is 271 g/mol. The molecule has 0 aromatic heterocycles. The molecule has 0 heterocycles. The average Bonchev–Trinajstić information content (AvgIpc) is 2.36. The molecule has 0 bridgehead atoms. The van der Waals surface area contributed by atoms with E-state index in [4.69, 9.17) is 10.5 Å². The fourth-order valence-corrected chi connectivity index (χ4v) is 1.98. The number of hydrogen-bond donors (Lipinski definition) is 1. The lowest BCUT2D eigenvalue weighted by Gasteiger charge is -2.17. The predicted molar refractivity (Wildman–Crippen MR) is 74.7 cm³/mol. The number of halogens is 2. The largest absolute Gasteiger partial charge is 0.490 e. The number of anilines is 1. The topological polar surface area (TPSA) is 35.2 Å². The highest BCUT2D eigenvalue weighted by atomic mass is 19.3. The second-order valence-corrected chi connectivity index (χ2v) is 4.88. The van der Waals surface area contributed by atoms with Crippen LogP contribution >= 0.6 is 0 Å². The summed E-state index contributed by atoms with van der Waals surface area (Å²) in [4.78, 5) is 0. The van der Waals surface area contributed by atoms with Gasteiger partial charge in [0.15, 0.2) is 0 Å². The maximum atomic E-state index is 12.9. The van der Waals surface area contributed by atoms with Gasteiger partial charge in [-0.3, -0.25) is 0 Å². The highest BCUT2D eigenvalue weighted by Gasteiger charge is 2.16. The number of rotatable bonds is 8. The van der Waals surface area contributed by atoms with Gasteiger partial charge in [0.1, 0.15) is 5.75 Å². The van der Waals surface area contributed by atoms with E-state index in [1.165, 1.54) is 25.0 Å². The van der Waals surface area contributed by atoms with Gasteiger partial charge >= 0.3 is 0 Å². The van der Waals surface area contributed by atoms with Crippen molar-refractivity contribution in [3.05, 3.63) is 23.8 Å². The molecule has 1 unspecified atom stereocenters. The Hall–Kier alpha value is -1.32. The van der Waals surface area contributed by atoms with Crippen LogP contribution in [-0.2, 0) is 0 Å².